The fraction of sp³-hybridized carbons (Fsp3) is 0.343. The van der Waals surface area contributed by atoms with Gasteiger partial charge in [0, 0.05) is 79.4 Å². The number of piperidine rings is 1. The first-order valence-corrected chi connectivity index (χ1v) is 15.7. The number of nitrogens with zero attached hydrogens (tertiary/aromatic N) is 4. The second kappa shape index (κ2) is 13.5. The number of fused-ring (bicyclic) bond motifs is 1. The number of ether oxygens (including phenoxy) is 3. The van der Waals surface area contributed by atoms with Crippen LogP contribution in [-0.4, -0.2) is 63.4 Å². The molecule has 0 saturated carbocycles. The van der Waals surface area contributed by atoms with Crippen molar-refractivity contribution < 1.29 is 37.0 Å². The highest BCUT2D eigenvalue weighted by atomic mass is 19.4. The number of anilines is 3. The van der Waals surface area contributed by atoms with E-state index in [1.165, 1.54) is 15.9 Å². The van der Waals surface area contributed by atoms with E-state index < -0.39 is 17.8 Å². The molecule has 48 heavy (non-hydrogen) atoms. The number of halogens is 3. The molecule has 6 rings (SSSR count). The van der Waals surface area contributed by atoms with Crippen molar-refractivity contribution in [2.45, 2.75) is 38.4 Å². The van der Waals surface area contributed by atoms with Crippen molar-refractivity contribution in [3.05, 3.63) is 72.4 Å². The molecule has 0 unspecified atom stereocenters. The Morgan fingerprint density at radius 3 is 2.25 bits per heavy atom. The minimum atomic E-state index is -4.63. The number of alkyl halides is 3. The van der Waals surface area contributed by atoms with Crippen LogP contribution in [0.25, 0.3) is 10.9 Å². The van der Waals surface area contributed by atoms with Crippen LogP contribution in [0.3, 0.4) is 0 Å². The van der Waals surface area contributed by atoms with Crippen LogP contribution in [0.2, 0.25) is 0 Å². The molecule has 2 aliphatic rings. The lowest BCUT2D eigenvalue weighted by molar-refractivity contribution is -0.137. The summed E-state index contributed by atoms with van der Waals surface area (Å²) in [5, 5.41) is 3.62. The summed E-state index contributed by atoms with van der Waals surface area (Å²) in [5.74, 6) is 1.96. The molecule has 2 aliphatic heterocycles. The molecule has 10 nitrogen and oxygen atoms in total. The molecule has 252 valence electrons. The molecule has 0 aliphatic carbocycles. The topological polar surface area (TPSA) is 96.5 Å². The molecule has 0 radical (unpaired) electrons. The number of urea groups is 1. The zero-order valence-electron chi connectivity index (χ0n) is 26.8. The molecule has 2 fully saturated rings. The van der Waals surface area contributed by atoms with E-state index in [1.807, 2.05) is 0 Å². The quantitative estimate of drug-likeness (QED) is 0.206. The highest BCUT2D eigenvalue weighted by Gasteiger charge is 2.38. The Morgan fingerprint density at radius 2 is 1.58 bits per heavy atom. The summed E-state index contributed by atoms with van der Waals surface area (Å²) in [7, 11) is 3.09. The van der Waals surface area contributed by atoms with Gasteiger partial charge >= 0.3 is 12.2 Å². The number of benzene rings is 3. The Bertz CT molecular complexity index is 1830. The van der Waals surface area contributed by atoms with Crippen molar-refractivity contribution in [2.75, 3.05) is 55.1 Å². The minimum absolute atomic E-state index is 0.0592. The fourth-order valence-corrected chi connectivity index (χ4v) is 6.18. The van der Waals surface area contributed by atoms with Gasteiger partial charge in [0.2, 0.25) is 5.91 Å². The number of methoxy groups -OCH3 is 2. The third-order valence-electron chi connectivity index (χ3n) is 8.69. The van der Waals surface area contributed by atoms with E-state index in [4.69, 9.17) is 14.2 Å². The van der Waals surface area contributed by atoms with Gasteiger partial charge in [-0.15, -0.1) is 0 Å². The summed E-state index contributed by atoms with van der Waals surface area (Å²) in [6.45, 7) is 3.00. The Balaban J connectivity index is 1.20. The van der Waals surface area contributed by atoms with E-state index in [-0.39, 0.29) is 36.4 Å². The van der Waals surface area contributed by atoms with Gasteiger partial charge in [-0.1, -0.05) is 13.0 Å². The highest BCUT2D eigenvalue weighted by Crippen LogP contribution is 2.41. The number of amides is 3. The Morgan fingerprint density at radius 1 is 0.896 bits per heavy atom. The Labute approximate surface area is 276 Å². The molecular formula is C35H36F3N5O5. The zero-order valence-corrected chi connectivity index (χ0v) is 26.8. The van der Waals surface area contributed by atoms with E-state index in [9.17, 15) is 22.8 Å². The van der Waals surface area contributed by atoms with Crippen LogP contribution in [0.1, 0.15) is 31.7 Å². The van der Waals surface area contributed by atoms with Crippen LogP contribution in [-0.2, 0) is 11.0 Å². The molecule has 1 aromatic heterocycles. The largest absolute Gasteiger partial charge is 0.493 e. The molecule has 4 aromatic rings. The van der Waals surface area contributed by atoms with E-state index >= 15 is 0 Å². The van der Waals surface area contributed by atoms with Crippen LogP contribution in [0.4, 0.5) is 35.0 Å². The van der Waals surface area contributed by atoms with E-state index in [1.54, 1.807) is 80.8 Å². The van der Waals surface area contributed by atoms with Gasteiger partial charge in [-0.2, -0.15) is 13.2 Å². The monoisotopic (exact) mass is 663 g/mol. The Kier molecular flexibility index (Phi) is 9.20. The molecule has 3 heterocycles. The van der Waals surface area contributed by atoms with Gasteiger partial charge in [0.1, 0.15) is 11.5 Å². The van der Waals surface area contributed by atoms with Crippen molar-refractivity contribution >= 4 is 39.9 Å². The van der Waals surface area contributed by atoms with Crippen LogP contribution >= 0.6 is 0 Å². The summed E-state index contributed by atoms with van der Waals surface area (Å²) in [6, 6.07) is 15.8. The number of rotatable bonds is 9. The van der Waals surface area contributed by atoms with Gasteiger partial charge in [-0.05, 0) is 55.3 Å². The third-order valence-corrected chi connectivity index (χ3v) is 8.69. The summed E-state index contributed by atoms with van der Waals surface area (Å²) in [5.41, 5.74) is 0.629. The lowest BCUT2D eigenvalue weighted by atomic mass is 10.0. The first kappa shape index (κ1) is 32.7. The second-order valence-corrected chi connectivity index (χ2v) is 11.6. The van der Waals surface area contributed by atoms with Gasteiger partial charge < -0.3 is 24.4 Å². The number of pyridine rings is 1. The molecule has 0 atom stereocenters. The molecule has 13 heteroatoms. The van der Waals surface area contributed by atoms with E-state index in [2.05, 4.69) is 10.3 Å². The van der Waals surface area contributed by atoms with Gasteiger partial charge in [-0.3, -0.25) is 19.6 Å². The van der Waals surface area contributed by atoms with Crippen molar-refractivity contribution in [2.24, 2.45) is 0 Å². The highest BCUT2D eigenvalue weighted by molar-refractivity contribution is 6.06. The average molecular weight is 664 g/mol. The summed E-state index contributed by atoms with van der Waals surface area (Å²) in [4.78, 5) is 34.4. The van der Waals surface area contributed by atoms with E-state index in [0.29, 0.717) is 71.9 Å². The summed E-state index contributed by atoms with van der Waals surface area (Å²) < 4.78 is 60.2. The molecule has 0 spiro atoms. The van der Waals surface area contributed by atoms with Gasteiger partial charge in [0.25, 0.3) is 0 Å². The Hall–Kier alpha value is -5.20. The van der Waals surface area contributed by atoms with Crippen molar-refractivity contribution in [3.63, 3.8) is 0 Å². The smallest absolute Gasteiger partial charge is 0.418 e. The first-order chi connectivity index (χ1) is 23.1. The minimum Gasteiger partial charge on any atom is -0.493 e. The number of aromatic nitrogens is 1. The maximum Gasteiger partial charge on any atom is 0.418 e. The predicted octanol–water partition coefficient (Wildman–Crippen LogP) is 7.00. The van der Waals surface area contributed by atoms with Gasteiger partial charge in [0.05, 0.1) is 25.3 Å². The summed E-state index contributed by atoms with van der Waals surface area (Å²) in [6.07, 6.45) is -1.55. The summed E-state index contributed by atoms with van der Waals surface area (Å²) >= 11 is 0. The SMILES string of the molecule is CCC(=O)NC1CCN(c2ccc(N3CCN(c4cccc(Oc5ccnc6cc(OC)c(OC)cc56)c4)C3=O)cc2C(F)(F)F)CC1. The first-order valence-electron chi connectivity index (χ1n) is 15.7. The van der Waals surface area contributed by atoms with Crippen LogP contribution in [0, 0.1) is 0 Å². The number of carbonyl (C=O) groups excluding carboxylic acids is 2. The van der Waals surface area contributed by atoms with E-state index in [0.717, 1.165) is 6.07 Å². The lowest BCUT2D eigenvalue weighted by Crippen LogP contribution is -2.45. The number of carbonyl (C=O) groups is 2. The molecule has 3 aromatic carbocycles. The van der Waals surface area contributed by atoms with Crippen LogP contribution < -0.4 is 34.2 Å². The molecule has 0 bridgehead atoms. The van der Waals surface area contributed by atoms with Crippen molar-refractivity contribution in [1.29, 1.82) is 0 Å². The van der Waals surface area contributed by atoms with Crippen molar-refractivity contribution in [3.8, 4) is 23.0 Å². The van der Waals surface area contributed by atoms with Crippen molar-refractivity contribution in [1.82, 2.24) is 10.3 Å². The molecule has 1 N–H and O–H groups in total. The maximum atomic E-state index is 14.4. The van der Waals surface area contributed by atoms with Gasteiger partial charge in [0.15, 0.2) is 11.5 Å². The normalized spacial score (nSPS) is 15.6. The number of hydrogen-bond acceptors (Lipinski definition) is 7. The van der Waals surface area contributed by atoms with Crippen LogP contribution in [0.5, 0.6) is 23.0 Å². The second-order valence-electron chi connectivity index (χ2n) is 11.6. The molecule has 3 amide bonds. The van der Waals surface area contributed by atoms with Gasteiger partial charge in [-0.25, -0.2) is 4.79 Å². The lowest BCUT2D eigenvalue weighted by Gasteiger charge is -2.35. The molecular weight excluding hydrogens is 627 g/mol. The standard InChI is InChI=1S/C35H36F3N5O5/c1-4-33(44)40-22-11-14-41(15-12-22)29-9-8-24(19-27(29)35(36,37)38)43-17-16-42(34(43)45)23-6-5-7-25(18-23)48-30-10-13-39-28-21-32(47-3)31(46-2)20-26(28)30/h5-10,13,18-22H,4,11-12,14-17H2,1-3H3,(H,40,44). The zero-order chi connectivity index (χ0) is 34.0. The molecule has 2 saturated heterocycles. The maximum absolute atomic E-state index is 14.4. The van der Waals surface area contributed by atoms with Crippen LogP contribution in [0.15, 0.2) is 66.9 Å². The number of hydrogen-bond donors (Lipinski definition) is 1. The fourth-order valence-electron chi connectivity index (χ4n) is 6.18. The average Bonchev–Trinajstić information content (AvgIpc) is 3.48. The number of nitrogens with one attached hydrogen (secondary N) is 1. The predicted molar refractivity (Wildman–Crippen MR) is 177 cm³/mol. The third kappa shape index (κ3) is 6.62.